The van der Waals surface area contributed by atoms with E-state index in [1.807, 2.05) is 0 Å². The number of ether oxygens (including phenoxy) is 4. The van der Waals surface area contributed by atoms with Crippen LogP contribution < -0.4 is 5.32 Å². The SMILES string of the molecule is CO[C@@H]1[C@H](OC(=O)CNC2CCCC2)CC[C@]2(CO2)[C@H]1[C@@]1(C)OC1CC=C(C)C. The molecule has 0 amide bonds. The van der Waals surface area contributed by atoms with Crippen LogP contribution >= 0.6 is 0 Å². The molecule has 2 aliphatic heterocycles. The number of hydrogen-bond donors (Lipinski definition) is 1. The maximum absolute atomic E-state index is 12.5. The van der Waals surface area contributed by atoms with Crippen molar-refractivity contribution in [1.82, 2.24) is 5.32 Å². The molecule has 6 atom stereocenters. The van der Waals surface area contributed by atoms with Gasteiger partial charge in [0.25, 0.3) is 0 Å². The monoisotopic (exact) mass is 407 g/mol. The minimum atomic E-state index is -0.295. The van der Waals surface area contributed by atoms with Gasteiger partial charge >= 0.3 is 5.97 Å². The Balaban J connectivity index is 1.40. The maximum Gasteiger partial charge on any atom is 0.320 e. The van der Waals surface area contributed by atoms with Crippen LogP contribution in [0.1, 0.15) is 65.7 Å². The zero-order chi connectivity index (χ0) is 20.6. The summed E-state index contributed by atoms with van der Waals surface area (Å²) >= 11 is 0. The smallest absolute Gasteiger partial charge is 0.320 e. The van der Waals surface area contributed by atoms with Crippen molar-refractivity contribution in [2.24, 2.45) is 5.92 Å². The molecule has 0 aromatic carbocycles. The van der Waals surface area contributed by atoms with Gasteiger partial charge in [0.05, 0.1) is 25.2 Å². The van der Waals surface area contributed by atoms with Crippen molar-refractivity contribution in [1.29, 1.82) is 0 Å². The first-order chi connectivity index (χ1) is 13.9. The van der Waals surface area contributed by atoms with E-state index in [0.717, 1.165) is 38.7 Å². The van der Waals surface area contributed by atoms with Gasteiger partial charge in [-0.25, -0.2) is 0 Å². The van der Waals surface area contributed by atoms with E-state index < -0.39 is 0 Å². The van der Waals surface area contributed by atoms with Gasteiger partial charge in [-0.15, -0.1) is 0 Å². The number of carbonyl (C=O) groups excluding carboxylic acids is 1. The second-order valence-electron chi connectivity index (χ2n) is 9.77. The topological polar surface area (TPSA) is 72.6 Å². The van der Waals surface area contributed by atoms with Crippen molar-refractivity contribution >= 4 is 5.97 Å². The van der Waals surface area contributed by atoms with Gasteiger partial charge in [-0.2, -0.15) is 0 Å². The van der Waals surface area contributed by atoms with E-state index in [1.165, 1.54) is 18.4 Å². The second kappa shape index (κ2) is 8.29. The van der Waals surface area contributed by atoms with Gasteiger partial charge in [0.15, 0.2) is 0 Å². The number of carbonyl (C=O) groups is 1. The summed E-state index contributed by atoms with van der Waals surface area (Å²) in [4.78, 5) is 12.5. The fourth-order valence-corrected chi connectivity index (χ4v) is 5.64. The van der Waals surface area contributed by atoms with Gasteiger partial charge in [-0.3, -0.25) is 4.79 Å². The molecule has 0 radical (unpaired) electrons. The van der Waals surface area contributed by atoms with Crippen molar-refractivity contribution in [3.63, 3.8) is 0 Å². The van der Waals surface area contributed by atoms with Crippen LogP contribution in [0.5, 0.6) is 0 Å². The fourth-order valence-electron chi connectivity index (χ4n) is 5.64. The molecular weight excluding hydrogens is 370 g/mol. The van der Waals surface area contributed by atoms with Crippen molar-refractivity contribution in [2.75, 3.05) is 20.3 Å². The molecule has 6 heteroatoms. The number of rotatable bonds is 8. The first kappa shape index (κ1) is 21.3. The Bertz CT molecular complexity index is 635. The normalized spacial score (nSPS) is 41.4. The Kier molecular flexibility index (Phi) is 6.09. The highest BCUT2D eigenvalue weighted by Crippen LogP contribution is 2.59. The summed E-state index contributed by atoms with van der Waals surface area (Å²) in [5, 5.41) is 3.35. The predicted octanol–water partition coefficient (Wildman–Crippen LogP) is 3.14. The summed E-state index contributed by atoms with van der Waals surface area (Å²) in [7, 11) is 1.72. The highest BCUT2D eigenvalue weighted by molar-refractivity contribution is 5.72. The Hall–Kier alpha value is -0.950. The first-order valence-corrected chi connectivity index (χ1v) is 11.3. The van der Waals surface area contributed by atoms with Gasteiger partial charge in [-0.05, 0) is 52.9 Å². The molecule has 2 heterocycles. The molecule has 0 aromatic rings. The summed E-state index contributed by atoms with van der Waals surface area (Å²) in [6.45, 7) is 7.41. The lowest BCUT2D eigenvalue weighted by Gasteiger charge is -2.42. The van der Waals surface area contributed by atoms with Crippen LogP contribution in [0.2, 0.25) is 0 Å². The first-order valence-electron chi connectivity index (χ1n) is 11.3. The summed E-state index contributed by atoms with van der Waals surface area (Å²) < 4.78 is 24.0. The van der Waals surface area contributed by atoms with Crippen molar-refractivity contribution < 1.29 is 23.7 Å². The van der Waals surface area contributed by atoms with Crippen molar-refractivity contribution in [3.05, 3.63) is 11.6 Å². The molecule has 1 spiro atoms. The quantitative estimate of drug-likeness (QED) is 0.379. The third-order valence-electron chi connectivity index (χ3n) is 7.41. The van der Waals surface area contributed by atoms with E-state index in [4.69, 9.17) is 18.9 Å². The Morgan fingerprint density at radius 3 is 2.59 bits per heavy atom. The summed E-state index contributed by atoms with van der Waals surface area (Å²) in [6, 6.07) is 0.456. The molecule has 2 saturated heterocycles. The van der Waals surface area contributed by atoms with Crippen LogP contribution in [-0.4, -0.2) is 61.8 Å². The lowest BCUT2D eigenvalue weighted by molar-refractivity contribution is -0.171. The zero-order valence-electron chi connectivity index (χ0n) is 18.4. The number of esters is 1. The third-order valence-corrected chi connectivity index (χ3v) is 7.41. The molecule has 4 fully saturated rings. The van der Waals surface area contributed by atoms with Crippen LogP contribution in [0, 0.1) is 5.92 Å². The standard InChI is InChI=1S/C23H37NO5/c1-15(2)9-10-18-22(3,29-18)21-20(26-4)17(11-12-23(21)14-27-23)28-19(25)13-24-16-7-5-6-8-16/h9,16-18,20-21,24H,5-8,10-14H2,1-4H3/t17-,18?,20-,21-,22+,23+/m1/s1. The van der Waals surface area contributed by atoms with E-state index in [0.29, 0.717) is 6.04 Å². The number of allylic oxidation sites excluding steroid dienone is 1. The van der Waals surface area contributed by atoms with Crippen LogP contribution in [0.15, 0.2) is 11.6 Å². The fraction of sp³-hybridized carbons (Fsp3) is 0.870. The second-order valence-corrected chi connectivity index (χ2v) is 9.77. The molecule has 6 nitrogen and oxygen atoms in total. The van der Waals surface area contributed by atoms with Crippen LogP contribution in [0.25, 0.3) is 0 Å². The lowest BCUT2D eigenvalue weighted by Crippen LogP contribution is -2.56. The van der Waals surface area contributed by atoms with Crippen LogP contribution in [-0.2, 0) is 23.7 Å². The highest BCUT2D eigenvalue weighted by atomic mass is 16.6. The van der Waals surface area contributed by atoms with E-state index >= 15 is 0 Å². The van der Waals surface area contributed by atoms with Gasteiger partial charge in [-0.1, -0.05) is 24.5 Å². The predicted molar refractivity (Wildman–Crippen MR) is 110 cm³/mol. The minimum absolute atomic E-state index is 0.0740. The average Bonchev–Trinajstić information content (AvgIpc) is 3.52. The molecule has 0 bridgehead atoms. The Morgan fingerprint density at radius 1 is 1.24 bits per heavy atom. The van der Waals surface area contributed by atoms with Gasteiger partial charge < -0.3 is 24.3 Å². The molecule has 1 unspecified atom stereocenters. The van der Waals surface area contributed by atoms with Crippen LogP contribution in [0.3, 0.4) is 0 Å². The lowest BCUT2D eigenvalue weighted by atomic mass is 9.68. The molecule has 1 N–H and O–H groups in total. The highest BCUT2D eigenvalue weighted by Gasteiger charge is 2.72. The Morgan fingerprint density at radius 2 is 1.97 bits per heavy atom. The number of epoxide rings is 2. The van der Waals surface area contributed by atoms with E-state index in [1.54, 1.807) is 7.11 Å². The molecule has 0 aromatic heterocycles. The zero-order valence-corrected chi connectivity index (χ0v) is 18.4. The molecule has 164 valence electrons. The van der Waals surface area contributed by atoms with Gasteiger partial charge in [0.2, 0.25) is 0 Å². The Labute approximate surface area is 174 Å². The number of methoxy groups -OCH3 is 1. The van der Waals surface area contributed by atoms with Gasteiger partial charge in [0, 0.05) is 13.2 Å². The summed E-state index contributed by atoms with van der Waals surface area (Å²) in [6.07, 6.45) is 9.31. The average molecular weight is 408 g/mol. The molecule has 2 aliphatic carbocycles. The summed E-state index contributed by atoms with van der Waals surface area (Å²) in [5.41, 5.74) is 0.824. The van der Waals surface area contributed by atoms with E-state index in [9.17, 15) is 4.79 Å². The van der Waals surface area contributed by atoms with E-state index in [2.05, 4.69) is 32.2 Å². The van der Waals surface area contributed by atoms with E-state index in [-0.39, 0.29) is 47.9 Å². The molecule has 4 aliphatic rings. The summed E-state index contributed by atoms with van der Waals surface area (Å²) in [5.74, 6) is -0.108. The molecule has 4 rings (SSSR count). The largest absolute Gasteiger partial charge is 0.459 e. The van der Waals surface area contributed by atoms with Crippen molar-refractivity contribution in [2.45, 2.75) is 101 Å². The molecule has 29 heavy (non-hydrogen) atoms. The molecular formula is C23H37NO5. The van der Waals surface area contributed by atoms with Gasteiger partial charge in [0.1, 0.15) is 23.4 Å². The van der Waals surface area contributed by atoms with Crippen LogP contribution in [0.4, 0.5) is 0 Å². The van der Waals surface area contributed by atoms with Crippen molar-refractivity contribution in [3.8, 4) is 0 Å². The number of hydrogen-bond acceptors (Lipinski definition) is 6. The maximum atomic E-state index is 12.5. The third kappa shape index (κ3) is 4.41. The minimum Gasteiger partial charge on any atom is -0.459 e. The number of nitrogens with one attached hydrogen (secondary N) is 1. The molecule has 2 saturated carbocycles.